The second-order valence-electron chi connectivity index (χ2n) is 6.69. The fraction of sp³-hybridized carbons (Fsp3) is 0.364. The monoisotopic (exact) mass is 430 g/mol. The molecule has 3 rings (SSSR count). The predicted molar refractivity (Wildman–Crippen MR) is 114 cm³/mol. The van der Waals surface area contributed by atoms with Gasteiger partial charge in [0.1, 0.15) is 11.5 Å². The van der Waals surface area contributed by atoms with E-state index >= 15 is 0 Å². The molecule has 0 radical (unpaired) electrons. The molecule has 1 fully saturated rings. The van der Waals surface area contributed by atoms with Gasteiger partial charge in [0.25, 0.3) is 0 Å². The van der Waals surface area contributed by atoms with Crippen LogP contribution in [0.25, 0.3) is 6.08 Å². The van der Waals surface area contributed by atoms with E-state index < -0.39 is 0 Å². The Hall–Kier alpha value is -1.82. The molecule has 0 amide bonds. The Bertz CT molecular complexity index is 756. The zero-order chi connectivity index (χ0) is 19.1. The number of ether oxygens (including phenoxy) is 2. The first-order chi connectivity index (χ1) is 13.2. The van der Waals surface area contributed by atoms with Gasteiger partial charge in [0.2, 0.25) is 0 Å². The summed E-state index contributed by atoms with van der Waals surface area (Å²) < 4.78 is 11.9. The standard InChI is InChI=1S/C22H27BrN2O2/c1-26-21-16-22(27-2)20(23)15-19(21)17-25-13-11-24(12-14-25)10-6-9-18-7-4-3-5-8-18/h3-9,15-16H,10-14,17H2,1-2H3. The topological polar surface area (TPSA) is 24.9 Å². The summed E-state index contributed by atoms with van der Waals surface area (Å²) in [6.45, 7) is 6.18. The highest BCUT2D eigenvalue weighted by molar-refractivity contribution is 9.10. The summed E-state index contributed by atoms with van der Waals surface area (Å²) >= 11 is 3.58. The van der Waals surface area contributed by atoms with E-state index in [4.69, 9.17) is 9.47 Å². The third kappa shape index (κ3) is 5.58. The molecule has 0 aliphatic carbocycles. The first-order valence-electron chi connectivity index (χ1n) is 9.26. The lowest BCUT2D eigenvalue weighted by atomic mass is 10.1. The quantitative estimate of drug-likeness (QED) is 0.653. The molecule has 0 bridgehead atoms. The van der Waals surface area contributed by atoms with Crippen LogP contribution in [0.15, 0.2) is 53.0 Å². The predicted octanol–water partition coefficient (Wildman–Crippen LogP) is 4.30. The van der Waals surface area contributed by atoms with Crippen molar-refractivity contribution in [1.82, 2.24) is 9.80 Å². The molecule has 1 heterocycles. The summed E-state index contributed by atoms with van der Waals surface area (Å²) in [4.78, 5) is 4.98. The maximum Gasteiger partial charge on any atom is 0.136 e. The van der Waals surface area contributed by atoms with Crippen LogP contribution in [0.3, 0.4) is 0 Å². The van der Waals surface area contributed by atoms with Crippen molar-refractivity contribution in [3.05, 3.63) is 64.1 Å². The molecule has 4 nitrogen and oxygen atoms in total. The lowest BCUT2D eigenvalue weighted by molar-refractivity contribution is 0.136. The normalized spacial score (nSPS) is 16.0. The number of halogens is 1. The van der Waals surface area contributed by atoms with Crippen molar-refractivity contribution < 1.29 is 9.47 Å². The van der Waals surface area contributed by atoms with Crippen LogP contribution in [0.5, 0.6) is 11.5 Å². The van der Waals surface area contributed by atoms with E-state index in [1.165, 1.54) is 11.1 Å². The number of hydrogen-bond acceptors (Lipinski definition) is 4. The third-order valence-corrected chi connectivity index (χ3v) is 5.51. The molecule has 27 heavy (non-hydrogen) atoms. The van der Waals surface area contributed by atoms with Gasteiger partial charge in [-0.1, -0.05) is 42.5 Å². The van der Waals surface area contributed by atoms with E-state index in [1.807, 2.05) is 12.1 Å². The SMILES string of the molecule is COc1cc(OC)c(CN2CCN(CC=Cc3ccccc3)CC2)cc1Br. The fourth-order valence-corrected chi connectivity index (χ4v) is 3.87. The van der Waals surface area contributed by atoms with Crippen LogP contribution < -0.4 is 9.47 Å². The third-order valence-electron chi connectivity index (χ3n) is 4.89. The summed E-state index contributed by atoms with van der Waals surface area (Å²) in [6, 6.07) is 14.5. The molecule has 0 saturated carbocycles. The highest BCUT2D eigenvalue weighted by Gasteiger charge is 2.18. The summed E-state index contributed by atoms with van der Waals surface area (Å²) in [7, 11) is 3.38. The number of hydrogen-bond donors (Lipinski definition) is 0. The first-order valence-corrected chi connectivity index (χ1v) is 10.1. The van der Waals surface area contributed by atoms with Gasteiger partial charge in [0.15, 0.2) is 0 Å². The van der Waals surface area contributed by atoms with Crippen molar-refractivity contribution >= 4 is 22.0 Å². The fourth-order valence-electron chi connectivity index (χ4n) is 3.32. The van der Waals surface area contributed by atoms with Crippen LogP contribution in [-0.4, -0.2) is 56.7 Å². The van der Waals surface area contributed by atoms with Crippen LogP contribution in [0.4, 0.5) is 0 Å². The molecular weight excluding hydrogens is 404 g/mol. The molecular formula is C22H27BrN2O2. The molecule has 1 saturated heterocycles. The number of nitrogens with zero attached hydrogens (tertiary/aromatic N) is 2. The molecule has 144 valence electrons. The molecule has 0 N–H and O–H groups in total. The molecule has 1 aliphatic heterocycles. The molecule has 0 atom stereocenters. The average Bonchev–Trinajstić information content (AvgIpc) is 2.70. The van der Waals surface area contributed by atoms with E-state index in [0.29, 0.717) is 0 Å². The maximum absolute atomic E-state index is 5.55. The number of benzene rings is 2. The number of methoxy groups -OCH3 is 2. The van der Waals surface area contributed by atoms with Crippen molar-refractivity contribution in [2.45, 2.75) is 6.54 Å². The van der Waals surface area contributed by atoms with E-state index in [-0.39, 0.29) is 0 Å². The minimum absolute atomic E-state index is 0.797. The van der Waals surface area contributed by atoms with E-state index in [9.17, 15) is 0 Å². The largest absolute Gasteiger partial charge is 0.496 e. The molecule has 2 aromatic rings. The van der Waals surface area contributed by atoms with E-state index in [0.717, 1.165) is 55.2 Å². The second kappa shape index (κ2) is 9.93. The van der Waals surface area contributed by atoms with Gasteiger partial charge in [0.05, 0.1) is 18.7 Å². The van der Waals surface area contributed by atoms with Gasteiger partial charge in [-0.15, -0.1) is 0 Å². The van der Waals surface area contributed by atoms with Gasteiger partial charge >= 0.3 is 0 Å². The van der Waals surface area contributed by atoms with Gasteiger partial charge in [-0.3, -0.25) is 9.80 Å². The molecule has 1 aliphatic rings. The molecule has 2 aromatic carbocycles. The minimum atomic E-state index is 0.797. The van der Waals surface area contributed by atoms with E-state index in [2.05, 4.69) is 68.2 Å². The maximum atomic E-state index is 5.55. The van der Waals surface area contributed by atoms with Crippen molar-refractivity contribution in [3.8, 4) is 11.5 Å². The Morgan fingerprint density at radius 3 is 2.26 bits per heavy atom. The lowest BCUT2D eigenvalue weighted by Crippen LogP contribution is -2.45. The van der Waals surface area contributed by atoms with Gasteiger partial charge in [0, 0.05) is 50.9 Å². The van der Waals surface area contributed by atoms with Gasteiger partial charge in [-0.2, -0.15) is 0 Å². The summed E-state index contributed by atoms with van der Waals surface area (Å²) in [5.74, 6) is 1.67. The van der Waals surface area contributed by atoms with Gasteiger partial charge in [-0.25, -0.2) is 0 Å². The van der Waals surface area contributed by atoms with Crippen LogP contribution in [0, 0.1) is 0 Å². The van der Waals surface area contributed by atoms with Crippen molar-refractivity contribution in [2.75, 3.05) is 46.9 Å². The van der Waals surface area contributed by atoms with Gasteiger partial charge in [-0.05, 0) is 27.6 Å². The Morgan fingerprint density at radius 1 is 0.926 bits per heavy atom. The van der Waals surface area contributed by atoms with Crippen LogP contribution >= 0.6 is 15.9 Å². The van der Waals surface area contributed by atoms with Crippen molar-refractivity contribution in [1.29, 1.82) is 0 Å². The highest BCUT2D eigenvalue weighted by atomic mass is 79.9. The van der Waals surface area contributed by atoms with E-state index in [1.54, 1.807) is 14.2 Å². The molecule has 0 aromatic heterocycles. The summed E-state index contributed by atoms with van der Waals surface area (Å²) in [5.41, 5.74) is 2.44. The van der Waals surface area contributed by atoms with Crippen molar-refractivity contribution in [2.24, 2.45) is 0 Å². The first kappa shape index (κ1) is 19.9. The average molecular weight is 431 g/mol. The summed E-state index contributed by atoms with van der Waals surface area (Å²) in [6.07, 6.45) is 4.46. The van der Waals surface area contributed by atoms with Crippen LogP contribution in [-0.2, 0) is 6.54 Å². The van der Waals surface area contributed by atoms with Crippen molar-refractivity contribution in [3.63, 3.8) is 0 Å². The van der Waals surface area contributed by atoms with Gasteiger partial charge < -0.3 is 9.47 Å². The second-order valence-corrected chi connectivity index (χ2v) is 7.54. The lowest BCUT2D eigenvalue weighted by Gasteiger charge is -2.34. The van der Waals surface area contributed by atoms with Crippen LogP contribution in [0.2, 0.25) is 0 Å². The molecule has 0 unspecified atom stereocenters. The summed E-state index contributed by atoms with van der Waals surface area (Å²) in [5, 5.41) is 0. The minimum Gasteiger partial charge on any atom is -0.496 e. The number of piperazine rings is 1. The molecule has 0 spiro atoms. The zero-order valence-corrected chi connectivity index (χ0v) is 17.6. The highest BCUT2D eigenvalue weighted by Crippen LogP contribution is 2.33. The number of rotatable bonds is 7. The van der Waals surface area contributed by atoms with Crippen LogP contribution in [0.1, 0.15) is 11.1 Å². The Morgan fingerprint density at radius 2 is 1.59 bits per heavy atom. The Labute approximate surface area is 170 Å². The Balaban J connectivity index is 1.51. The smallest absolute Gasteiger partial charge is 0.136 e. The zero-order valence-electron chi connectivity index (χ0n) is 16.0. The molecule has 5 heteroatoms. The Kier molecular flexibility index (Phi) is 7.33.